The monoisotopic (exact) mass is 383 g/mol. The molecule has 0 spiro atoms. The Morgan fingerprint density at radius 2 is 1.88 bits per heavy atom. The van der Waals surface area contributed by atoms with Crippen molar-refractivity contribution in [3.8, 4) is 16.9 Å². The number of carbonyl (C=O) groups is 1. The summed E-state index contributed by atoms with van der Waals surface area (Å²) in [5.41, 5.74) is 9.03. The molecule has 0 saturated heterocycles. The van der Waals surface area contributed by atoms with Crippen LogP contribution in [-0.2, 0) is 16.0 Å². The summed E-state index contributed by atoms with van der Waals surface area (Å²) in [5, 5.41) is 0.659. The van der Waals surface area contributed by atoms with Gasteiger partial charge in [-0.25, -0.2) is 0 Å². The second-order valence-corrected chi connectivity index (χ2v) is 5.95. The van der Waals surface area contributed by atoms with Gasteiger partial charge in [0.2, 0.25) is 0 Å². The van der Waals surface area contributed by atoms with E-state index in [0.29, 0.717) is 18.1 Å². The summed E-state index contributed by atoms with van der Waals surface area (Å²) in [6.07, 6.45) is 0.837. The lowest BCUT2D eigenvalue weighted by molar-refractivity contribution is -0.143. The van der Waals surface area contributed by atoms with Gasteiger partial charge in [0.25, 0.3) is 0 Å². The third-order valence-corrected chi connectivity index (χ3v) is 3.89. The summed E-state index contributed by atoms with van der Waals surface area (Å²) in [5.74, 6) is 0.511. The molecule has 2 aromatic rings. The number of ether oxygens (including phenoxy) is 2. The third kappa shape index (κ3) is 6.24. The van der Waals surface area contributed by atoms with Gasteiger partial charge in [-0.3, -0.25) is 4.79 Å². The Balaban J connectivity index is 0.00000312. The molecule has 4 nitrogen and oxygen atoms in total. The molecular formula is C19H23Cl2NO3. The molecule has 0 bridgehead atoms. The maximum absolute atomic E-state index is 11.5. The minimum absolute atomic E-state index is 0. The van der Waals surface area contributed by atoms with Gasteiger partial charge in [-0.15, -0.1) is 12.4 Å². The molecule has 0 aliphatic carbocycles. The average molecular weight is 384 g/mol. The first-order valence-electron chi connectivity index (χ1n) is 7.87. The van der Waals surface area contributed by atoms with Crippen LogP contribution in [0.2, 0.25) is 5.02 Å². The van der Waals surface area contributed by atoms with Crippen LogP contribution < -0.4 is 10.5 Å². The number of methoxy groups -OCH3 is 1. The van der Waals surface area contributed by atoms with Gasteiger partial charge >= 0.3 is 5.97 Å². The van der Waals surface area contributed by atoms with Gasteiger partial charge in [-0.05, 0) is 42.7 Å². The van der Waals surface area contributed by atoms with Crippen molar-refractivity contribution in [3.05, 3.63) is 53.1 Å². The summed E-state index contributed by atoms with van der Waals surface area (Å²) < 4.78 is 10.3. The fraction of sp³-hybridized carbons (Fsp3) is 0.316. The second-order valence-electron chi connectivity index (χ2n) is 5.51. The molecule has 2 aromatic carbocycles. The molecule has 0 radical (unpaired) electrons. The van der Waals surface area contributed by atoms with E-state index < -0.39 is 0 Å². The Hall–Kier alpha value is -1.75. The normalized spacial score (nSPS) is 11.4. The van der Waals surface area contributed by atoms with E-state index in [1.54, 1.807) is 20.1 Å². The second kappa shape index (κ2) is 10.3. The fourth-order valence-electron chi connectivity index (χ4n) is 2.54. The quantitative estimate of drug-likeness (QED) is 0.725. The van der Waals surface area contributed by atoms with Crippen LogP contribution in [0.1, 0.15) is 18.9 Å². The molecule has 0 saturated carbocycles. The number of benzene rings is 2. The smallest absolute Gasteiger partial charge is 0.307 e. The van der Waals surface area contributed by atoms with Crippen molar-refractivity contribution < 1.29 is 14.3 Å². The number of hydrogen-bond donors (Lipinski definition) is 1. The van der Waals surface area contributed by atoms with Crippen molar-refractivity contribution in [1.29, 1.82) is 0 Å². The van der Waals surface area contributed by atoms with E-state index in [-0.39, 0.29) is 30.8 Å². The highest BCUT2D eigenvalue weighted by Crippen LogP contribution is 2.32. The first-order valence-corrected chi connectivity index (χ1v) is 8.25. The minimum Gasteiger partial charge on any atom is -0.496 e. The van der Waals surface area contributed by atoms with E-state index in [1.807, 2.05) is 36.4 Å². The maximum Gasteiger partial charge on any atom is 0.307 e. The summed E-state index contributed by atoms with van der Waals surface area (Å²) in [6, 6.07) is 13.3. The van der Waals surface area contributed by atoms with Crippen LogP contribution in [0, 0.1) is 0 Å². The SMILES string of the molecule is CCOC(=O)C[C@H](N)Cc1ccc(-c2cc(Cl)ccc2OC)cc1.Cl. The fourth-order valence-corrected chi connectivity index (χ4v) is 2.71. The minimum atomic E-state index is -0.259. The first-order chi connectivity index (χ1) is 11.5. The van der Waals surface area contributed by atoms with Gasteiger partial charge < -0.3 is 15.2 Å². The Morgan fingerprint density at radius 1 is 1.20 bits per heavy atom. The zero-order valence-corrected chi connectivity index (χ0v) is 15.9. The number of carbonyl (C=O) groups excluding carboxylic acids is 1. The van der Waals surface area contributed by atoms with E-state index in [9.17, 15) is 4.79 Å². The molecule has 6 heteroatoms. The third-order valence-electron chi connectivity index (χ3n) is 3.66. The van der Waals surface area contributed by atoms with Gasteiger partial charge in [-0.2, -0.15) is 0 Å². The molecule has 2 N–H and O–H groups in total. The van der Waals surface area contributed by atoms with Crippen LogP contribution >= 0.6 is 24.0 Å². The topological polar surface area (TPSA) is 61.5 Å². The van der Waals surface area contributed by atoms with Crippen molar-refractivity contribution in [3.63, 3.8) is 0 Å². The molecule has 0 aliphatic rings. The van der Waals surface area contributed by atoms with Gasteiger partial charge in [0.05, 0.1) is 20.1 Å². The lowest BCUT2D eigenvalue weighted by atomic mass is 9.99. The number of esters is 1. The predicted octanol–water partition coefficient (Wildman–Crippen LogP) is 4.26. The molecule has 2 rings (SSSR count). The van der Waals surface area contributed by atoms with Crippen molar-refractivity contribution in [2.24, 2.45) is 5.73 Å². The van der Waals surface area contributed by atoms with Gasteiger partial charge in [0.15, 0.2) is 0 Å². The predicted molar refractivity (Wildman–Crippen MR) is 104 cm³/mol. The van der Waals surface area contributed by atoms with Crippen LogP contribution in [0.4, 0.5) is 0 Å². The van der Waals surface area contributed by atoms with Crippen LogP contribution in [-0.4, -0.2) is 25.7 Å². The highest BCUT2D eigenvalue weighted by molar-refractivity contribution is 6.31. The van der Waals surface area contributed by atoms with E-state index in [0.717, 1.165) is 22.4 Å². The number of halogens is 2. The molecule has 0 amide bonds. The summed E-state index contributed by atoms with van der Waals surface area (Å²) in [6.45, 7) is 2.16. The molecule has 0 heterocycles. The Morgan fingerprint density at radius 3 is 2.48 bits per heavy atom. The molecule has 0 fully saturated rings. The van der Waals surface area contributed by atoms with E-state index >= 15 is 0 Å². The van der Waals surface area contributed by atoms with Crippen molar-refractivity contribution in [2.75, 3.05) is 13.7 Å². The Labute approximate surface area is 159 Å². The summed E-state index contributed by atoms with van der Waals surface area (Å²) >= 11 is 6.08. The van der Waals surface area contributed by atoms with Crippen LogP contribution in [0.15, 0.2) is 42.5 Å². The number of hydrogen-bond acceptors (Lipinski definition) is 4. The van der Waals surface area contributed by atoms with Crippen molar-refractivity contribution in [1.82, 2.24) is 0 Å². The molecule has 25 heavy (non-hydrogen) atoms. The largest absolute Gasteiger partial charge is 0.496 e. The average Bonchev–Trinajstić information content (AvgIpc) is 2.55. The standard InChI is InChI=1S/C19H22ClNO3.ClH/c1-3-24-19(22)12-16(21)10-13-4-6-14(7-5-13)17-11-15(20)8-9-18(17)23-2;/h4-9,11,16H,3,10,12,21H2,1-2H3;1H/t16-;/m1./s1. The van der Waals surface area contributed by atoms with Crippen molar-refractivity contribution in [2.45, 2.75) is 25.8 Å². The molecule has 0 aromatic heterocycles. The van der Waals surface area contributed by atoms with Crippen molar-refractivity contribution >= 4 is 30.0 Å². The molecular weight excluding hydrogens is 361 g/mol. The van der Waals surface area contributed by atoms with E-state index in [2.05, 4.69) is 0 Å². The van der Waals surface area contributed by atoms with Gasteiger partial charge in [-0.1, -0.05) is 35.9 Å². The van der Waals surface area contributed by atoms with Gasteiger partial charge in [0.1, 0.15) is 5.75 Å². The van der Waals surface area contributed by atoms with E-state index in [1.165, 1.54) is 0 Å². The molecule has 136 valence electrons. The van der Waals surface area contributed by atoms with Gasteiger partial charge in [0, 0.05) is 16.6 Å². The van der Waals surface area contributed by atoms with Crippen LogP contribution in [0.3, 0.4) is 0 Å². The molecule has 0 aliphatic heterocycles. The summed E-state index contributed by atoms with van der Waals surface area (Å²) in [4.78, 5) is 11.5. The summed E-state index contributed by atoms with van der Waals surface area (Å²) in [7, 11) is 1.63. The zero-order chi connectivity index (χ0) is 17.5. The Kier molecular flexibility index (Phi) is 8.76. The highest BCUT2D eigenvalue weighted by Gasteiger charge is 2.12. The number of nitrogens with two attached hydrogens (primary N) is 1. The lowest BCUT2D eigenvalue weighted by Gasteiger charge is -2.12. The Bertz CT molecular complexity index is 690. The maximum atomic E-state index is 11.5. The van der Waals surface area contributed by atoms with Crippen LogP contribution in [0.5, 0.6) is 5.75 Å². The first kappa shape index (κ1) is 21.3. The van der Waals surface area contributed by atoms with Crippen LogP contribution in [0.25, 0.3) is 11.1 Å². The highest BCUT2D eigenvalue weighted by atomic mass is 35.5. The lowest BCUT2D eigenvalue weighted by Crippen LogP contribution is -2.27. The van der Waals surface area contributed by atoms with E-state index in [4.69, 9.17) is 26.8 Å². The number of rotatable bonds is 7. The molecule has 1 atom stereocenters. The molecule has 0 unspecified atom stereocenters. The zero-order valence-electron chi connectivity index (χ0n) is 14.3.